The first-order valence-electron chi connectivity index (χ1n) is 5.39. The minimum Gasteiger partial charge on any atom is -0.495 e. The van der Waals surface area contributed by atoms with Crippen LogP contribution < -0.4 is 10.5 Å². The highest BCUT2D eigenvalue weighted by molar-refractivity contribution is 6.32. The number of hydrogen-bond acceptors (Lipinski definition) is 2. The van der Waals surface area contributed by atoms with Gasteiger partial charge in [-0.05, 0) is 49.6 Å². The van der Waals surface area contributed by atoms with Gasteiger partial charge in [0.15, 0.2) is 0 Å². The van der Waals surface area contributed by atoms with E-state index in [2.05, 4.69) is 13.0 Å². The Balaban J connectivity index is 2.80. The molecule has 1 aromatic rings. The molecule has 2 N–H and O–H groups in total. The fourth-order valence-electron chi connectivity index (χ4n) is 1.47. The van der Waals surface area contributed by atoms with Crippen molar-refractivity contribution in [2.45, 2.75) is 19.8 Å². The van der Waals surface area contributed by atoms with Gasteiger partial charge in [0.05, 0.1) is 12.1 Å². The smallest absolute Gasteiger partial charge is 0.137 e. The Kier molecular flexibility index (Phi) is 5.36. The molecule has 0 heterocycles. The summed E-state index contributed by atoms with van der Waals surface area (Å²) >= 11 is 6.06. The second-order valence-electron chi connectivity index (χ2n) is 3.67. The number of hydrogen-bond donors (Lipinski definition) is 1. The molecule has 0 unspecified atom stereocenters. The van der Waals surface area contributed by atoms with Gasteiger partial charge in [0, 0.05) is 0 Å². The van der Waals surface area contributed by atoms with Crippen molar-refractivity contribution < 1.29 is 4.74 Å². The number of allylic oxidation sites excluding steroid dienone is 2. The summed E-state index contributed by atoms with van der Waals surface area (Å²) in [5.74, 6) is 0.708. The van der Waals surface area contributed by atoms with E-state index in [-0.39, 0.29) is 0 Å². The zero-order valence-corrected chi connectivity index (χ0v) is 10.6. The molecule has 3 heteroatoms. The van der Waals surface area contributed by atoms with Crippen LogP contribution in [-0.4, -0.2) is 13.7 Å². The van der Waals surface area contributed by atoms with E-state index in [1.54, 1.807) is 7.11 Å². The van der Waals surface area contributed by atoms with Crippen LogP contribution in [0.4, 0.5) is 0 Å². The average Bonchev–Trinajstić information content (AvgIpc) is 2.29. The van der Waals surface area contributed by atoms with Gasteiger partial charge >= 0.3 is 0 Å². The summed E-state index contributed by atoms with van der Waals surface area (Å²) in [4.78, 5) is 0. The second-order valence-corrected chi connectivity index (χ2v) is 4.07. The summed E-state index contributed by atoms with van der Waals surface area (Å²) in [5.41, 5.74) is 7.80. The molecular weight excluding hydrogens is 222 g/mol. The molecule has 0 saturated heterocycles. The zero-order valence-electron chi connectivity index (χ0n) is 9.79. The summed E-state index contributed by atoms with van der Waals surface area (Å²) in [6, 6.07) is 5.82. The standard InChI is InChI=1S/C13H18ClNO/c1-10(5-3-4-8-15)11-6-7-13(16-2)12(14)9-11/h5-7,9H,3-4,8,15H2,1-2H3/b10-5+. The van der Waals surface area contributed by atoms with Crippen LogP contribution >= 0.6 is 11.6 Å². The van der Waals surface area contributed by atoms with Crippen LogP contribution in [0, 0.1) is 0 Å². The third-order valence-electron chi connectivity index (χ3n) is 2.47. The molecule has 0 saturated carbocycles. The third kappa shape index (κ3) is 3.54. The van der Waals surface area contributed by atoms with Crippen molar-refractivity contribution in [1.82, 2.24) is 0 Å². The topological polar surface area (TPSA) is 35.2 Å². The number of rotatable bonds is 5. The summed E-state index contributed by atoms with van der Waals surface area (Å²) in [7, 11) is 1.62. The molecule has 0 spiro atoms. The van der Waals surface area contributed by atoms with E-state index in [0.29, 0.717) is 10.8 Å². The van der Waals surface area contributed by atoms with Crippen LogP contribution in [0.5, 0.6) is 5.75 Å². The number of unbranched alkanes of at least 4 members (excludes halogenated alkanes) is 1. The van der Waals surface area contributed by atoms with Crippen LogP contribution in [-0.2, 0) is 0 Å². The molecule has 0 bridgehead atoms. The maximum Gasteiger partial charge on any atom is 0.137 e. The van der Waals surface area contributed by atoms with Crippen LogP contribution in [0.25, 0.3) is 5.57 Å². The first kappa shape index (κ1) is 13.1. The van der Waals surface area contributed by atoms with E-state index in [9.17, 15) is 0 Å². The van der Waals surface area contributed by atoms with Gasteiger partial charge in [-0.15, -0.1) is 0 Å². The molecule has 2 nitrogen and oxygen atoms in total. The lowest BCUT2D eigenvalue weighted by Gasteiger charge is -2.06. The van der Waals surface area contributed by atoms with E-state index in [1.807, 2.05) is 18.2 Å². The van der Waals surface area contributed by atoms with Gasteiger partial charge in [-0.1, -0.05) is 23.7 Å². The van der Waals surface area contributed by atoms with Crippen molar-refractivity contribution in [3.05, 3.63) is 34.9 Å². The highest BCUT2D eigenvalue weighted by Gasteiger charge is 2.02. The van der Waals surface area contributed by atoms with E-state index in [0.717, 1.165) is 24.9 Å². The molecule has 16 heavy (non-hydrogen) atoms. The van der Waals surface area contributed by atoms with Gasteiger partial charge in [-0.2, -0.15) is 0 Å². The monoisotopic (exact) mass is 239 g/mol. The Labute approximate surface area is 102 Å². The number of benzene rings is 1. The quantitative estimate of drug-likeness (QED) is 0.799. The van der Waals surface area contributed by atoms with Crippen LogP contribution in [0.3, 0.4) is 0 Å². The van der Waals surface area contributed by atoms with E-state index in [4.69, 9.17) is 22.1 Å². The van der Waals surface area contributed by atoms with Crippen molar-refractivity contribution in [1.29, 1.82) is 0 Å². The predicted octanol–water partition coefficient (Wildman–Crippen LogP) is 3.49. The summed E-state index contributed by atoms with van der Waals surface area (Å²) < 4.78 is 5.11. The Hall–Kier alpha value is -0.990. The summed E-state index contributed by atoms with van der Waals surface area (Å²) in [6.07, 6.45) is 4.21. The Morgan fingerprint density at radius 2 is 2.25 bits per heavy atom. The Morgan fingerprint density at radius 1 is 1.50 bits per heavy atom. The largest absolute Gasteiger partial charge is 0.495 e. The normalized spacial score (nSPS) is 11.6. The van der Waals surface area contributed by atoms with Gasteiger partial charge in [-0.25, -0.2) is 0 Å². The van der Waals surface area contributed by atoms with Crippen molar-refractivity contribution in [2.24, 2.45) is 5.73 Å². The Bertz CT molecular complexity index is 374. The van der Waals surface area contributed by atoms with Gasteiger partial charge in [-0.3, -0.25) is 0 Å². The lowest BCUT2D eigenvalue weighted by molar-refractivity contribution is 0.415. The van der Waals surface area contributed by atoms with Crippen molar-refractivity contribution >= 4 is 17.2 Å². The number of halogens is 1. The van der Waals surface area contributed by atoms with E-state index >= 15 is 0 Å². The molecule has 1 rings (SSSR count). The van der Waals surface area contributed by atoms with E-state index in [1.165, 1.54) is 5.57 Å². The first-order chi connectivity index (χ1) is 7.69. The summed E-state index contributed by atoms with van der Waals surface area (Å²) in [6.45, 7) is 2.81. The maximum absolute atomic E-state index is 6.06. The van der Waals surface area contributed by atoms with Crippen molar-refractivity contribution in [2.75, 3.05) is 13.7 Å². The molecule has 0 aromatic heterocycles. The fraction of sp³-hybridized carbons (Fsp3) is 0.385. The molecule has 0 aliphatic heterocycles. The van der Waals surface area contributed by atoms with Crippen molar-refractivity contribution in [3.8, 4) is 5.75 Å². The first-order valence-corrected chi connectivity index (χ1v) is 5.77. The lowest BCUT2D eigenvalue weighted by atomic mass is 10.1. The second kappa shape index (κ2) is 6.56. The van der Waals surface area contributed by atoms with Crippen molar-refractivity contribution in [3.63, 3.8) is 0 Å². The van der Waals surface area contributed by atoms with Gasteiger partial charge in [0.1, 0.15) is 5.75 Å². The lowest BCUT2D eigenvalue weighted by Crippen LogP contribution is -1.96. The third-order valence-corrected chi connectivity index (χ3v) is 2.76. The zero-order chi connectivity index (χ0) is 12.0. The fourth-order valence-corrected chi connectivity index (χ4v) is 1.72. The van der Waals surface area contributed by atoms with Gasteiger partial charge in [0.25, 0.3) is 0 Å². The molecule has 0 aliphatic rings. The molecule has 0 amide bonds. The highest BCUT2D eigenvalue weighted by Crippen LogP contribution is 2.28. The van der Waals surface area contributed by atoms with Crippen LogP contribution in [0.1, 0.15) is 25.3 Å². The molecule has 0 aliphatic carbocycles. The maximum atomic E-state index is 6.06. The van der Waals surface area contributed by atoms with Gasteiger partial charge in [0.2, 0.25) is 0 Å². The highest BCUT2D eigenvalue weighted by atomic mass is 35.5. The van der Waals surface area contributed by atoms with Gasteiger partial charge < -0.3 is 10.5 Å². The molecule has 0 radical (unpaired) electrons. The Morgan fingerprint density at radius 3 is 2.81 bits per heavy atom. The number of nitrogens with two attached hydrogens (primary N) is 1. The number of ether oxygens (including phenoxy) is 1. The predicted molar refractivity (Wildman–Crippen MR) is 69.9 cm³/mol. The molecule has 1 aromatic carbocycles. The molecular formula is C13H18ClNO. The van der Waals surface area contributed by atoms with Crippen LogP contribution in [0.2, 0.25) is 5.02 Å². The van der Waals surface area contributed by atoms with E-state index < -0.39 is 0 Å². The molecule has 0 fully saturated rings. The number of methoxy groups -OCH3 is 1. The minimum atomic E-state index is 0.645. The SMILES string of the molecule is COc1ccc(/C(C)=C/CCCN)cc1Cl. The molecule has 88 valence electrons. The average molecular weight is 240 g/mol. The van der Waals surface area contributed by atoms with Crippen LogP contribution in [0.15, 0.2) is 24.3 Å². The minimum absolute atomic E-state index is 0.645. The molecule has 0 atom stereocenters. The summed E-state index contributed by atoms with van der Waals surface area (Å²) in [5, 5.41) is 0.645.